The Morgan fingerprint density at radius 3 is 2.52 bits per heavy atom. The van der Waals surface area contributed by atoms with Crippen molar-refractivity contribution in [3.63, 3.8) is 0 Å². The lowest BCUT2D eigenvalue weighted by atomic mass is 9.91. The molecular weight excluding hydrogens is 335 g/mol. The second kappa shape index (κ2) is 6.26. The maximum absolute atomic E-state index is 13.3. The minimum Gasteiger partial charge on any atom is -0.371 e. The van der Waals surface area contributed by atoms with E-state index in [0.717, 1.165) is 10.2 Å². The zero-order valence-corrected chi connectivity index (χ0v) is 13.2. The average molecular weight is 351 g/mol. The van der Waals surface area contributed by atoms with Gasteiger partial charge in [0.05, 0.1) is 0 Å². The number of benzene rings is 2. The monoisotopic (exact) mass is 350 g/mol. The molecule has 2 aromatic rings. The summed E-state index contributed by atoms with van der Waals surface area (Å²) in [5.41, 5.74) is 6.01. The molecule has 0 saturated heterocycles. The first-order chi connectivity index (χ1) is 9.89. The topological polar surface area (TPSA) is 55.1 Å². The van der Waals surface area contributed by atoms with Crippen molar-refractivity contribution in [2.75, 3.05) is 5.32 Å². The first-order valence-electron chi connectivity index (χ1n) is 6.47. The lowest BCUT2D eigenvalue weighted by molar-refractivity contribution is -0.121. The number of nitrogens with two attached hydrogens (primary N) is 1. The number of rotatable bonds is 5. The summed E-state index contributed by atoms with van der Waals surface area (Å²) in [6, 6.07) is 13.6. The van der Waals surface area contributed by atoms with Gasteiger partial charge in [-0.3, -0.25) is 4.79 Å². The van der Waals surface area contributed by atoms with Crippen molar-refractivity contribution in [2.45, 2.75) is 18.9 Å². The summed E-state index contributed by atoms with van der Waals surface area (Å²) >= 11 is 3.35. The summed E-state index contributed by atoms with van der Waals surface area (Å²) < 4.78 is 14.2. The molecule has 3 nitrogen and oxygen atoms in total. The lowest BCUT2D eigenvalue weighted by Gasteiger charge is -2.29. The molecule has 1 unspecified atom stereocenters. The lowest BCUT2D eigenvalue weighted by Crippen LogP contribution is -2.49. The number of halogens is 2. The molecule has 0 aliphatic rings. The summed E-state index contributed by atoms with van der Waals surface area (Å²) in [5, 5.41) is 3.13. The zero-order chi connectivity index (χ0) is 15.5. The van der Waals surface area contributed by atoms with Crippen LogP contribution in [0.5, 0.6) is 0 Å². The predicted octanol–water partition coefficient (Wildman–Crippen LogP) is 3.49. The van der Waals surface area contributed by atoms with Gasteiger partial charge in [-0.05, 0) is 48.9 Å². The zero-order valence-electron chi connectivity index (χ0n) is 11.6. The van der Waals surface area contributed by atoms with E-state index in [1.54, 1.807) is 19.1 Å². The van der Waals surface area contributed by atoms with Crippen molar-refractivity contribution in [3.8, 4) is 0 Å². The highest BCUT2D eigenvalue weighted by atomic mass is 79.9. The minimum absolute atomic E-state index is 0.302. The Morgan fingerprint density at radius 2 is 1.95 bits per heavy atom. The number of carbonyl (C=O) groups is 1. The molecule has 0 fully saturated rings. The maximum Gasteiger partial charge on any atom is 0.243 e. The van der Waals surface area contributed by atoms with E-state index >= 15 is 0 Å². The van der Waals surface area contributed by atoms with Crippen LogP contribution in [0.15, 0.2) is 53.0 Å². The van der Waals surface area contributed by atoms with Crippen LogP contribution in [0.4, 0.5) is 10.1 Å². The van der Waals surface area contributed by atoms with Crippen LogP contribution >= 0.6 is 15.9 Å². The molecule has 0 aromatic heterocycles. The second-order valence-corrected chi connectivity index (χ2v) is 6.05. The molecule has 0 spiro atoms. The molecule has 2 aromatic carbocycles. The van der Waals surface area contributed by atoms with Crippen molar-refractivity contribution in [1.82, 2.24) is 0 Å². The van der Waals surface area contributed by atoms with Crippen LogP contribution < -0.4 is 11.1 Å². The van der Waals surface area contributed by atoms with Gasteiger partial charge in [-0.25, -0.2) is 4.39 Å². The van der Waals surface area contributed by atoms with Gasteiger partial charge in [0.15, 0.2) is 0 Å². The normalized spacial score (nSPS) is 13.5. The first-order valence-corrected chi connectivity index (χ1v) is 7.26. The number of hydrogen-bond donors (Lipinski definition) is 2. The average Bonchev–Trinajstić information content (AvgIpc) is 2.41. The minimum atomic E-state index is -0.998. The van der Waals surface area contributed by atoms with Crippen LogP contribution in [0.25, 0.3) is 0 Å². The molecule has 2 rings (SSSR count). The second-order valence-electron chi connectivity index (χ2n) is 5.13. The molecule has 0 saturated carbocycles. The predicted molar refractivity (Wildman–Crippen MR) is 85.5 cm³/mol. The highest BCUT2D eigenvalue weighted by Crippen LogP contribution is 2.22. The molecule has 1 atom stereocenters. The van der Waals surface area contributed by atoms with Gasteiger partial charge in [0.1, 0.15) is 11.4 Å². The summed E-state index contributed by atoms with van der Waals surface area (Å²) in [4.78, 5) is 11.8. The van der Waals surface area contributed by atoms with Gasteiger partial charge in [-0.1, -0.05) is 28.1 Å². The fourth-order valence-electron chi connectivity index (χ4n) is 2.10. The molecule has 21 heavy (non-hydrogen) atoms. The van der Waals surface area contributed by atoms with Crippen molar-refractivity contribution < 1.29 is 9.18 Å². The van der Waals surface area contributed by atoms with E-state index in [0.29, 0.717) is 12.0 Å². The van der Waals surface area contributed by atoms with Crippen LogP contribution in [-0.4, -0.2) is 11.4 Å². The number of carbonyl (C=O) groups excluding carboxylic acids is 1. The van der Waals surface area contributed by atoms with Gasteiger partial charge in [-0.15, -0.1) is 0 Å². The van der Waals surface area contributed by atoms with Crippen LogP contribution in [0.1, 0.15) is 12.5 Å². The Bertz CT molecular complexity index is 645. The van der Waals surface area contributed by atoms with Gasteiger partial charge < -0.3 is 11.1 Å². The smallest absolute Gasteiger partial charge is 0.243 e. The molecule has 0 bridgehead atoms. The van der Waals surface area contributed by atoms with Gasteiger partial charge in [0, 0.05) is 16.6 Å². The number of anilines is 1. The summed E-state index contributed by atoms with van der Waals surface area (Å²) in [6.07, 6.45) is 0.302. The van der Waals surface area contributed by atoms with Gasteiger partial charge in [-0.2, -0.15) is 0 Å². The highest BCUT2D eigenvalue weighted by Gasteiger charge is 2.31. The Balaban J connectivity index is 2.23. The Labute approximate surface area is 131 Å². The van der Waals surface area contributed by atoms with E-state index in [1.165, 1.54) is 12.1 Å². The van der Waals surface area contributed by atoms with E-state index in [4.69, 9.17) is 5.73 Å². The maximum atomic E-state index is 13.3. The van der Waals surface area contributed by atoms with E-state index in [1.807, 2.05) is 24.3 Å². The summed E-state index contributed by atoms with van der Waals surface area (Å²) in [7, 11) is 0. The van der Waals surface area contributed by atoms with E-state index < -0.39 is 11.4 Å². The summed E-state index contributed by atoms with van der Waals surface area (Å²) in [5.74, 6) is -0.822. The molecule has 0 aliphatic carbocycles. The first kappa shape index (κ1) is 15.5. The Morgan fingerprint density at radius 1 is 1.29 bits per heavy atom. The van der Waals surface area contributed by atoms with Crippen molar-refractivity contribution in [2.24, 2.45) is 5.73 Å². The molecule has 0 heterocycles. The van der Waals surface area contributed by atoms with E-state index in [-0.39, 0.29) is 5.82 Å². The Kier molecular flexibility index (Phi) is 4.63. The highest BCUT2D eigenvalue weighted by molar-refractivity contribution is 9.10. The third-order valence-electron chi connectivity index (χ3n) is 3.25. The molecule has 3 N–H and O–H groups in total. The third-order valence-corrected chi connectivity index (χ3v) is 3.78. The third kappa shape index (κ3) is 4.04. The van der Waals surface area contributed by atoms with Crippen LogP contribution in [0.3, 0.4) is 0 Å². The number of amides is 1. The SMILES string of the molecule is CC(Cc1cccc(F)c1)(Nc1ccc(Br)cc1)C(N)=O. The standard InChI is InChI=1S/C16H16BrFN2O/c1-16(15(19)21,10-11-3-2-4-13(18)9-11)20-14-7-5-12(17)6-8-14/h2-9,20H,10H2,1H3,(H2,19,21). The fourth-order valence-corrected chi connectivity index (χ4v) is 2.36. The summed E-state index contributed by atoms with van der Waals surface area (Å²) in [6.45, 7) is 1.71. The van der Waals surface area contributed by atoms with Gasteiger partial charge in [0.2, 0.25) is 5.91 Å². The number of primary amides is 1. The van der Waals surface area contributed by atoms with Crippen molar-refractivity contribution in [1.29, 1.82) is 0 Å². The number of hydrogen-bond acceptors (Lipinski definition) is 2. The van der Waals surface area contributed by atoms with Crippen molar-refractivity contribution >= 4 is 27.5 Å². The molecular formula is C16H16BrFN2O. The Hall–Kier alpha value is -1.88. The van der Waals surface area contributed by atoms with E-state index in [2.05, 4.69) is 21.2 Å². The van der Waals surface area contributed by atoms with Crippen LogP contribution in [0, 0.1) is 5.82 Å². The van der Waals surface area contributed by atoms with E-state index in [9.17, 15) is 9.18 Å². The van der Waals surface area contributed by atoms with Crippen LogP contribution in [0.2, 0.25) is 0 Å². The van der Waals surface area contributed by atoms with Gasteiger partial charge in [0.25, 0.3) is 0 Å². The molecule has 1 amide bonds. The molecule has 0 aliphatic heterocycles. The van der Waals surface area contributed by atoms with Gasteiger partial charge >= 0.3 is 0 Å². The number of nitrogens with one attached hydrogen (secondary N) is 1. The molecule has 110 valence electrons. The largest absolute Gasteiger partial charge is 0.371 e. The van der Waals surface area contributed by atoms with Crippen LogP contribution in [-0.2, 0) is 11.2 Å². The quantitative estimate of drug-likeness (QED) is 0.867. The van der Waals surface area contributed by atoms with Crippen molar-refractivity contribution in [3.05, 3.63) is 64.4 Å². The fraction of sp³-hybridized carbons (Fsp3) is 0.188. The molecule has 0 radical (unpaired) electrons. The molecule has 5 heteroatoms.